The van der Waals surface area contributed by atoms with E-state index in [1.54, 1.807) is 0 Å². The molecule has 0 saturated carbocycles. The Bertz CT molecular complexity index is 860. The number of carbonyl (C=O) groups excluding carboxylic acids is 1. The molecule has 0 spiro atoms. The maximum Gasteiger partial charge on any atom is 0.253 e. The van der Waals surface area contributed by atoms with Crippen LogP contribution < -0.4 is 5.32 Å². The minimum atomic E-state index is -2.95. The van der Waals surface area contributed by atoms with Gasteiger partial charge in [-0.1, -0.05) is 17.8 Å². The lowest BCUT2D eigenvalue weighted by atomic mass is 10.1. The molecule has 1 N–H and O–H groups in total. The fourth-order valence-corrected chi connectivity index (χ4v) is 7.37. The molecule has 1 aromatic carbocycles. The average molecular weight is 394 g/mol. The number of aryl methyl sites for hydroxylation is 1. The maximum atomic E-state index is 12.7. The number of likely N-dealkylation sites (tertiary alicyclic amines) is 1. The van der Waals surface area contributed by atoms with Gasteiger partial charge < -0.3 is 10.2 Å². The zero-order chi connectivity index (χ0) is 18.3. The summed E-state index contributed by atoms with van der Waals surface area (Å²) in [5, 5.41) is 4.08. The Balaban J connectivity index is 1.50. The number of benzene rings is 1. The molecule has 3 heterocycles. The van der Waals surface area contributed by atoms with Gasteiger partial charge in [0.05, 0.1) is 17.5 Å². The minimum Gasteiger partial charge on any atom is -0.339 e. The van der Waals surface area contributed by atoms with Gasteiger partial charge in [0.1, 0.15) is 0 Å². The van der Waals surface area contributed by atoms with Crippen LogP contribution in [0.1, 0.15) is 35.2 Å². The summed E-state index contributed by atoms with van der Waals surface area (Å²) >= 11 is 1.49. The minimum absolute atomic E-state index is 0.0148. The number of fused-ring (bicyclic) bond motifs is 1. The maximum absolute atomic E-state index is 12.7. The zero-order valence-electron chi connectivity index (χ0n) is 14.8. The predicted molar refractivity (Wildman–Crippen MR) is 106 cm³/mol. The van der Waals surface area contributed by atoms with Crippen LogP contribution in [0.3, 0.4) is 0 Å². The molecule has 4 rings (SSSR count). The number of hydrogen-bond donors (Lipinski definition) is 1. The summed E-state index contributed by atoms with van der Waals surface area (Å²) in [4.78, 5) is 19.2. The van der Waals surface area contributed by atoms with E-state index in [1.165, 1.54) is 18.2 Å². The number of amidine groups is 1. The fraction of sp³-hybridized carbons (Fsp3) is 0.556. The summed E-state index contributed by atoms with van der Waals surface area (Å²) in [5.74, 6) is 0.419. The molecule has 0 unspecified atom stereocenters. The second kappa shape index (κ2) is 6.88. The molecular weight excluding hydrogens is 370 g/mol. The van der Waals surface area contributed by atoms with Gasteiger partial charge in [0.15, 0.2) is 15.0 Å². The predicted octanol–water partition coefficient (Wildman–Crippen LogP) is 2.30. The van der Waals surface area contributed by atoms with Gasteiger partial charge in [-0.25, -0.2) is 8.42 Å². The summed E-state index contributed by atoms with van der Waals surface area (Å²) in [6, 6.07) is 5.57. The van der Waals surface area contributed by atoms with Crippen molar-refractivity contribution in [2.45, 2.75) is 37.5 Å². The number of sulfone groups is 1. The van der Waals surface area contributed by atoms with Crippen molar-refractivity contribution in [1.29, 1.82) is 0 Å². The molecule has 2 atom stereocenters. The molecule has 2 saturated heterocycles. The first kappa shape index (κ1) is 17.9. The molecule has 26 heavy (non-hydrogen) atoms. The Morgan fingerprint density at radius 2 is 2.00 bits per heavy atom. The summed E-state index contributed by atoms with van der Waals surface area (Å²) < 4.78 is 23.4. The van der Waals surface area contributed by atoms with Crippen LogP contribution in [0.5, 0.6) is 0 Å². The molecule has 140 valence electrons. The van der Waals surface area contributed by atoms with Crippen molar-refractivity contribution in [3.8, 4) is 0 Å². The van der Waals surface area contributed by atoms with Crippen LogP contribution in [0.2, 0.25) is 0 Å². The van der Waals surface area contributed by atoms with Crippen molar-refractivity contribution < 1.29 is 13.2 Å². The Hall–Kier alpha value is -1.54. The van der Waals surface area contributed by atoms with Crippen LogP contribution >= 0.6 is 11.8 Å². The summed E-state index contributed by atoms with van der Waals surface area (Å²) in [5.41, 5.74) is 2.58. The van der Waals surface area contributed by atoms with E-state index in [-0.39, 0.29) is 28.7 Å². The van der Waals surface area contributed by atoms with Gasteiger partial charge in [0, 0.05) is 29.6 Å². The van der Waals surface area contributed by atoms with Crippen LogP contribution in [-0.4, -0.2) is 60.3 Å². The van der Waals surface area contributed by atoms with Gasteiger partial charge in [-0.15, -0.1) is 0 Å². The van der Waals surface area contributed by atoms with Crippen LogP contribution in [0.15, 0.2) is 23.2 Å². The van der Waals surface area contributed by atoms with Crippen molar-refractivity contribution >= 4 is 38.4 Å². The van der Waals surface area contributed by atoms with Crippen molar-refractivity contribution in [3.63, 3.8) is 0 Å². The smallest absolute Gasteiger partial charge is 0.253 e. The third-order valence-corrected chi connectivity index (χ3v) is 8.33. The van der Waals surface area contributed by atoms with E-state index in [9.17, 15) is 13.2 Å². The van der Waals surface area contributed by atoms with Crippen LogP contribution in [-0.2, 0) is 9.84 Å². The fourth-order valence-electron chi connectivity index (χ4n) is 3.70. The number of nitrogens with zero attached hydrogens (tertiary/aromatic N) is 2. The highest BCUT2D eigenvalue weighted by atomic mass is 32.2. The number of amides is 1. The largest absolute Gasteiger partial charge is 0.339 e. The lowest BCUT2D eigenvalue weighted by Crippen LogP contribution is -2.35. The van der Waals surface area contributed by atoms with Crippen LogP contribution in [0.4, 0.5) is 5.69 Å². The third kappa shape index (κ3) is 3.62. The van der Waals surface area contributed by atoms with E-state index in [0.717, 1.165) is 42.3 Å². The first-order chi connectivity index (χ1) is 12.4. The molecule has 1 aromatic rings. The zero-order valence-corrected chi connectivity index (χ0v) is 16.4. The van der Waals surface area contributed by atoms with Crippen molar-refractivity contribution in [2.24, 2.45) is 4.99 Å². The number of anilines is 1. The Morgan fingerprint density at radius 3 is 2.73 bits per heavy atom. The standard InChI is InChI=1S/C18H23N3O3S2/c1-12-5-6-13(17(22)21-7-3-2-4-8-21)9-14(12)19-18-20-15-10-26(23,24)11-16(15)25-18/h5-6,9,15-16H,2-4,7-8,10-11H2,1H3,(H,19,20)/t15-,16-/m0/s1. The van der Waals surface area contributed by atoms with E-state index < -0.39 is 9.84 Å². The van der Waals surface area contributed by atoms with Crippen molar-refractivity contribution in [2.75, 3.05) is 29.9 Å². The Morgan fingerprint density at radius 1 is 1.23 bits per heavy atom. The molecule has 6 nitrogen and oxygen atoms in total. The Labute approximate surface area is 158 Å². The van der Waals surface area contributed by atoms with Crippen LogP contribution in [0, 0.1) is 6.92 Å². The first-order valence-electron chi connectivity index (χ1n) is 9.03. The summed E-state index contributed by atoms with van der Waals surface area (Å²) in [7, 11) is -2.95. The van der Waals surface area contributed by atoms with Gasteiger partial charge in [-0.3, -0.25) is 9.79 Å². The number of piperidine rings is 1. The third-order valence-electron chi connectivity index (χ3n) is 5.19. The molecule has 8 heteroatoms. The van der Waals surface area contributed by atoms with Crippen molar-refractivity contribution in [1.82, 2.24) is 4.90 Å². The molecule has 0 bridgehead atoms. The topological polar surface area (TPSA) is 78.8 Å². The lowest BCUT2D eigenvalue weighted by Gasteiger charge is -2.27. The SMILES string of the molecule is Cc1ccc(C(=O)N2CCCCC2)cc1NC1=N[C@H]2CS(=O)(=O)C[C@@H]2S1. The molecule has 1 amide bonds. The van der Waals surface area contributed by atoms with Gasteiger partial charge in [-0.2, -0.15) is 0 Å². The van der Waals surface area contributed by atoms with Gasteiger partial charge >= 0.3 is 0 Å². The number of thioether (sulfide) groups is 1. The monoisotopic (exact) mass is 393 g/mol. The number of nitrogens with one attached hydrogen (secondary N) is 1. The van der Waals surface area contributed by atoms with E-state index in [2.05, 4.69) is 10.3 Å². The number of rotatable bonds is 2. The highest BCUT2D eigenvalue weighted by molar-refractivity contribution is 8.15. The quantitative estimate of drug-likeness (QED) is 0.834. The lowest BCUT2D eigenvalue weighted by molar-refractivity contribution is 0.0724. The molecule has 0 radical (unpaired) electrons. The Kier molecular flexibility index (Phi) is 4.73. The molecule has 3 aliphatic heterocycles. The van der Waals surface area contributed by atoms with Crippen molar-refractivity contribution in [3.05, 3.63) is 29.3 Å². The van der Waals surface area contributed by atoms with E-state index in [1.807, 2.05) is 30.0 Å². The van der Waals surface area contributed by atoms with E-state index in [4.69, 9.17) is 0 Å². The van der Waals surface area contributed by atoms with E-state index in [0.29, 0.717) is 5.56 Å². The molecule has 0 aromatic heterocycles. The number of aliphatic imine (C=N–C) groups is 1. The number of hydrogen-bond acceptors (Lipinski definition) is 6. The van der Waals surface area contributed by atoms with Crippen LogP contribution in [0.25, 0.3) is 0 Å². The second-order valence-corrected chi connectivity index (χ2v) is 10.6. The highest BCUT2D eigenvalue weighted by Crippen LogP contribution is 2.35. The second-order valence-electron chi connectivity index (χ2n) is 7.24. The van der Waals surface area contributed by atoms with E-state index >= 15 is 0 Å². The molecular formula is C18H23N3O3S2. The molecule has 2 fully saturated rings. The highest BCUT2D eigenvalue weighted by Gasteiger charge is 2.42. The summed E-state index contributed by atoms with van der Waals surface area (Å²) in [6.45, 7) is 3.65. The van der Waals surface area contributed by atoms with Gasteiger partial charge in [0.25, 0.3) is 5.91 Å². The first-order valence-corrected chi connectivity index (χ1v) is 11.7. The molecule has 0 aliphatic carbocycles. The van der Waals surface area contributed by atoms with Gasteiger partial charge in [0.2, 0.25) is 0 Å². The summed E-state index contributed by atoms with van der Waals surface area (Å²) in [6.07, 6.45) is 3.34. The normalized spacial score (nSPS) is 27.1. The van der Waals surface area contributed by atoms with Gasteiger partial charge in [-0.05, 0) is 43.9 Å². The molecule has 3 aliphatic rings. The average Bonchev–Trinajstić information content (AvgIpc) is 3.09. The number of carbonyl (C=O) groups is 1.